The first-order valence-electron chi connectivity index (χ1n) is 6.79. The summed E-state index contributed by atoms with van der Waals surface area (Å²) in [7, 11) is 0. The van der Waals surface area contributed by atoms with Crippen molar-refractivity contribution in [3.8, 4) is 0 Å². The lowest BCUT2D eigenvalue weighted by molar-refractivity contribution is 0.0569. The molecule has 0 heterocycles. The Kier molecular flexibility index (Phi) is 4.65. The van der Waals surface area contributed by atoms with Crippen molar-refractivity contribution in [3.05, 3.63) is 71.3 Å². The first kappa shape index (κ1) is 15.8. The Morgan fingerprint density at radius 3 is 1.36 bits per heavy atom. The van der Waals surface area contributed by atoms with Gasteiger partial charge in [-0.3, -0.25) is 14.5 Å². The summed E-state index contributed by atoms with van der Waals surface area (Å²) in [5.41, 5.74) is 0.427. The Bertz CT molecular complexity index is 621. The van der Waals surface area contributed by atoms with Gasteiger partial charge in [-0.05, 0) is 62.4 Å². The highest BCUT2D eigenvalue weighted by Gasteiger charge is 2.26. The standard InChI is InChI=1S/C17H15F2NO2/c1-11(2)20(16(21)12-3-7-14(18)8-4-12)17(22)13-5-9-15(19)10-6-13/h3-11H,1-2H3. The molecular formula is C17H15F2NO2. The minimum atomic E-state index is -0.524. The Morgan fingerprint density at radius 1 is 0.773 bits per heavy atom. The predicted octanol–water partition coefficient (Wildman–Crippen LogP) is 3.66. The Balaban J connectivity index is 2.33. The molecule has 114 valence electrons. The van der Waals surface area contributed by atoms with Crippen molar-refractivity contribution in [2.45, 2.75) is 19.9 Å². The highest BCUT2D eigenvalue weighted by molar-refractivity contribution is 6.10. The third-order valence-electron chi connectivity index (χ3n) is 3.14. The first-order chi connectivity index (χ1) is 10.4. The molecular weight excluding hydrogens is 288 g/mol. The summed E-state index contributed by atoms with van der Waals surface area (Å²) in [5.74, 6) is -1.97. The molecule has 0 unspecified atom stereocenters. The highest BCUT2D eigenvalue weighted by Crippen LogP contribution is 2.14. The fourth-order valence-corrected chi connectivity index (χ4v) is 2.02. The molecule has 2 aromatic rings. The lowest BCUT2D eigenvalue weighted by atomic mass is 10.1. The number of carbonyl (C=O) groups is 2. The molecule has 0 saturated carbocycles. The average Bonchev–Trinajstić information content (AvgIpc) is 2.48. The summed E-state index contributed by atoms with van der Waals surface area (Å²) in [6.45, 7) is 3.39. The molecule has 2 aromatic carbocycles. The van der Waals surface area contributed by atoms with Crippen LogP contribution in [0.3, 0.4) is 0 Å². The van der Waals surface area contributed by atoms with E-state index in [0.717, 1.165) is 29.2 Å². The van der Waals surface area contributed by atoms with Crippen molar-refractivity contribution >= 4 is 11.8 Å². The minimum absolute atomic E-state index is 0.213. The van der Waals surface area contributed by atoms with E-state index in [0.29, 0.717) is 0 Å². The molecule has 0 aliphatic heterocycles. The Hall–Kier alpha value is -2.56. The summed E-state index contributed by atoms with van der Waals surface area (Å²) in [6.07, 6.45) is 0. The van der Waals surface area contributed by atoms with E-state index in [-0.39, 0.29) is 11.1 Å². The molecule has 0 aliphatic carbocycles. The zero-order valence-corrected chi connectivity index (χ0v) is 12.2. The number of nitrogens with zero attached hydrogens (tertiary/aromatic N) is 1. The van der Waals surface area contributed by atoms with E-state index in [2.05, 4.69) is 0 Å². The van der Waals surface area contributed by atoms with Crippen molar-refractivity contribution in [3.63, 3.8) is 0 Å². The van der Waals surface area contributed by atoms with Gasteiger partial charge < -0.3 is 0 Å². The van der Waals surface area contributed by atoms with Gasteiger partial charge in [0.25, 0.3) is 11.8 Å². The smallest absolute Gasteiger partial charge is 0.260 e. The SMILES string of the molecule is CC(C)N(C(=O)c1ccc(F)cc1)C(=O)c1ccc(F)cc1. The van der Waals surface area contributed by atoms with Crippen LogP contribution in [0.25, 0.3) is 0 Å². The molecule has 0 atom stereocenters. The molecule has 22 heavy (non-hydrogen) atoms. The second kappa shape index (κ2) is 6.47. The second-order valence-electron chi connectivity index (χ2n) is 5.09. The second-order valence-corrected chi connectivity index (χ2v) is 5.09. The highest BCUT2D eigenvalue weighted by atomic mass is 19.1. The van der Waals surface area contributed by atoms with Gasteiger partial charge in [0, 0.05) is 17.2 Å². The predicted molar refractivity (Wildman–Crippen MR) is 78.4 cm³/mol. The van der Waals surface area contributed by atoms with Crippen molar-refractivity contribution < 1.29 is 18.4 Å². The number of imide groups is 1. The summed E-state index contributed by atoms with van der Waals surface area (Å²) in [6, 6.07) is 9.55. The fourth-order valence-electron chi connectivity index (χ4n) is 2.02. The summed E-state index contributed by atoms with van der Waals surface area (Å²) >= 11 is 0. The summed E-state index contributed by atoms with van der Waals surface area (Å²) < 4.78 is 25.9. The van der Waals surface area contributed by atoms with Gasteiger partial charge in [-0.25, -0.2) is 8.78 Å². The van der Waals surface area contributed by atoms with Gasteiger partial charge in [0.15, 0.2) is 0 Å². The molecule has 2 amide bonds. The third kappa shape index (κ3) is 3.36. The van der Waals surface area contributed by atoms with Gasteiger partial charge in [0.05, 0.1) is 0 Å². The van der Waals surface area contributed by atoms with E-state index >= 15 is 0 Å². The first-order valence-corrected chi connectivity index (χ1v) is 6.79. The van der Waals surface area contributed by atoms with Gasteiger partial charge in [-0.2, -0.15) is 0 Å². The van der Waals surface area contributed by atoms with Crippen LogP contribution in [0.1, 0.15) is 34.6 Å². The van der Waals surface area contributed by atoms with Crippen LogP contribution < -0.4 is 0 Å². The Labute approximate surface area is 127 Å². The molecule has 3 nitrogen and oxygen atoms in total. The molecule has 0 aliphatic rings. The van der Waals surface area contributed by atoms with Gasteiger partial charge in [0.1, 0.15) is 11.6 Å². The van der Waals surface area contributed by atoms with E-state index < -0.39 is 29.5 Å². The topological polar surface area (TPSA) is 37.4 Å². The fraction of sp³-hybridized carbons (Fsp3) is 0.176. The number of halogens is 2. The van der Waals surface area contributed by atoms with Crippen molar-refractivity contribution in [1.82, 2.24) is 4.90 Å². The lowest BCUT2D eigenvalue weighted by Crippen LogP contribution is -2.42. The van der Waals surface area contributed by atoms with Crippen LogP contribution in [-0.2, 0) is 0 Å². The zero-order valence-electron chi connectivity index (χ0n) is 12.2. The van der Waals surface area contributed by atoms with Crippen LogP contribution in [0.2, 0.25) is 0 Å². The summed E-state index contributed by atoms with van der Waals surface area (Å²) in [4.78, 5) is 26.0. The van der Waals surface area contributed by atoms with Gasteiger partial charge in [-0.1, -0.05) is 0 Å². The number of amides is 2. The quantitative estimate of drug-likeness (QED) is 0.812. The van der Waals surface area contributed by atoms with E-state index in [1.54, 1.807) is 13.8 Å². The van der Waals surface area contributed by atoms with Crippen LogP contribution >= 0.6 is 0 Å². The largest absolute Gasteiger partial charge is 0.272 e. The summed E-state index contributed by atoms with van der Waals surface area (Å²) in [5, 5.41) is 0. The number of carbonyl (C=O) groups excluding carboxylic acids is 2. The van der Waals surface area contributed by atoms with Crippen LogP contribution in [-0.4, -0.2) is 22.8 Å². The lowest BCUT2D eigenvalue weighted by Gasteiger charge is -2.25. The monoisotopic (exact) mass is 303 g/mol. The van der Waals surface area contributed by atoms with Gasteiger partial charge in [-0.15, -0.1) is 0 Å². The molecule has 0 aromatic heterocycles. The van der Waals surface area contributed by atoms with Crippen LogP contribution in [0, 0.1) is 11.6 Å². The number of benzene rings is 2. The van der Waals surface area contributed by atoms with E-state index in [1.165, 1.54) is 24.3 Å². The molecule has 0 radical (unpaired) electrons. The molecule has 0 bridgehead atoms. The number of hydrogen-bond donors (Lipinski definition) is 0. The maximum Gasteiger partial charge on any atom is 0.260 e. The van der Waals surface area contributed by atoms with Crippen molar-refractivity contribution in [2.24, 2.45) is 0 Å². The van der Waals surface area contributed by atoms with Crippen LogP contribution in [0.4, 0.5) is 8.78 Å². The Morgan fingerprint density at radius 2 is 1.09 bits per heavy atom. The molecule has 0 saturated heterocycles. The van der Waals surface area contributed by atoms with Crippen molar-refractivity contribution in [2.75, 3.05) is 0 Å². The number of hydrogen-bond acceptors (Lipinski definition) is 2. The molecule has 0 fully saturated rings. The van der Waals surface area contributed by atoms with E-state index in [9.17, 15) is 18.4 Å². The van der Waals surface area contributed by atoms with Crippen LogP contribution in [0.5, 0.6) is 0 Å². The van der Waals surface area contributed by atoms with E-state index in [4.69, 9.17) is 0 Å². The third-order valence-corrected chi connectivity index (χ3v) is 3.14. The number of rotatable bonds is 3. The molecule has 0 spiro atoms. The molecule has 0 N–H and O–H groups in total. The average molecular weight is 303 g/mol. The zero-order chi connectivity index (χ0) is 16.3. The van der Waals surface area contributed by atoms with E-state index in [1.807, 2.05) is 0 Å². The van der Waals surface area contributed by atoms with Gasteiger partial charge >= 0.3 is 0 Å². The van der Waals surface area contributed by atoms with Crippen LogP contribution in [0.15, 0.2) is 48.5 Å². The maximum atomic E-state index is 12.9. The normalized spacial score (nSPS) is 10.6. The van der Waals surface area contributed by atoms with Crippen molar-refractivity contribution in [1.29, 1.82) is 0 Å². The molecule has 2 rings (SSSR count). The minimum Gasteiger partial charge on any atom is -0.272 e. The molecule has 5 heteroatoms. The maximum absolute atomic E-state index is 12.9. The van der Waals surface area contributed by atoms with Gasteiger partial charge in [0.2, 0.25) is 0 Å².